The van der Waals surface area contributed by atoms with Crippen LogP contribution in [0.1, 0.15) is 42.6 Å². The summed E-state index contributed by atoms with van der Waals surface area (Å²) >= 11 is 0. The van der Waals surface area contributed by atoms with E-state index in [1.54, 1.807) is 0 Å². The van der Waals surface area contributed by atoms with Gasteiger partial charge in [0, 0.05) is 18.2 Å². The number of rotatable bonds is 9. The zero-order valence-electron chi connectivity index (χ0n) is 13.6. The van der Waals surface area contributed by atoms with Crippen molar-refractivity contribution in [3.63, 3.8) is 0 Å². The number of amides is 1. The summed E-state index contributed by atoms with van der Waals surface area (Å²) in [6.07, 6.45) is 2.96. The van der Waals surface area contributed by atoms with Crippen LogP contribution in [0, 0.1) is 0 Å². The van der Waals surface area contributed by atoms with Gasteiger partial charge in [0.1, 0.15) is 0 Å². The van der Waals surface area contributed by atoms with Crippen molar-refractivity contribution >= 4 is 5.91 Å². The molecule has 0 heterocycles. The van der Waals surface area contributed by atoms with Gasteiger partial charge in [-0.1, -0.05) is 12.1 Å². The molecule has 4 nitrogen and oxygen atoms in total. The molecular weight excluding hydrogens is 262 g/mol. The maximum Gasteiger partial charge on any atom is 0.251 e. The van der Waals surface area contributed by atoms with Crippen molar-refractivity contribution in [3.8, 4) is 0 Å². The molecule has 0 spiro atoms. The molecule has 3 N–H and O–H groups in total. The van der Waals surface area contributed by atoms with Crippen LogP contribution in [0.15, 0.2) is 24.3 Å². The Kier molecular flexibility index (Phi) is 8.01. The fourth-order valence-electron chi connectivity index (χ4n) is 2.04. The van der Waals surface area contributed by atoms with E-state index in [4.69, 9.17) is 5.73 Å². The highest BCUT2D eigenvalue weighted by atomic mass is 16.1. The van der Waals surface area contributed by atoms with E-state index in [0.29, 0.717) is 12.6 Å². The van der Waals surface area contributed by atoms with Gasteiger partial charge in [0.15, 0.2) is 0 Å². The molecule has 118 valence electrons. The highest BCUT2D eigenvalue weighted by Gasteiger charge is 2.05. The molecule has 1 aromatic carbocycles. The molecule has 0 aliphatic carbocycles. The Morgan fingerprint density at radius 2 is 1.90 bits per heavy atom. The van der Waals surface area contributed by atoms with Gasteiger partial charge in [-0.2, -0.15) is 0 Å². The van der Waals surface area contributed by atoms with Crippen LogP contribution in [-0.4, -0.2) is 43.5 Å². The van der Waals surface area contributed by atoms with E-state index in [-0.39, 0.29) is 5.91 Å². The second-order valence-corrected chi connectivity index (χ2v) is 5.77. The van der Waals surface area contributed by atoms with Gasteiger partial charge in [-0.15, -0.1) is 0 Å². The zero-order chi connectivity index (χ0) is 15.7. The Balaban J connectivity index is 2.24. The van der Waals surface area contributed by atoms with Gasteiger partial charge in [-0.3, -0.25) is 4.79 Å². The average molecular weight is 291 g/mol. The maximum atomic E-state index is 12.0. The molecular formula is C17H29N3O. The molecule has 1 aromatic rings. The average Bonchev–Trinajstić information content (AvgIpc) is 2.47. The van der Waals surface area contributed by atoms with Crippen LogP contribution in [0.25, 0.3) is 0 Å². The lowest BCUT2D eigenvalue weighted by Crippen LogP contribution is -2.29. The summed E-state index contributed by atoms with van der Waals surface area (Å²) in [7, 11) is 2.13. The lowest BCUT2D eigenvalue weighted by molar-refractivity contribution is 0.0952. The summed E-state index contributed by atoms with van der Waals surface area (Å²) in [6.45, 7) is 6.82. The molecule has 1 rings (SSSR count). The molecule has 0 saturated heterocycles. The Hall–Kier alpha value is -1.39. The number of unbranched alkanes of at least 4 members (excludes halogenated alkanes) is 1. The number of nitrogens with two attached hydrogens (primary N) is 1. The van der Waals surface area contributed by atoms with Crippen LogP contribution < -0.4 is 11.1 Å². The van der Waals surface area contributed by atoms with Crippen LogP contribution in [0.3, 0.4) is 0 Å². The zero-order valence-corrected chi connectivity index (χ0v) is 13.6. The first kappa shape index (κ1) is 17.7. The SMILES string of the molecule is CC(C)N(C)CCCCNC(=O)c1ccc(CCN)cc1. The van der Waals surface area contributed by atoms with Gasteiger partial charge >= 0.3 is 0 Å². The van der Waals surface area contributed by atoms with Gasteiger partial charge in [0.25, 0.3) is 5.91 Å². The van der Waals surface area contributed by atoms with Gasteiger partial charge in [-0.05, 0) is 70.9 Å². The second kappa shape index (κ2) is 9.53. The number of hydrogen-bond acceptors (Lipinski definition) is 3. The molecule has 0 saturated carbocycles. The topological polar surface area (TPSA) is 58.4 Å². The quantitative estimate of drug-likeness (QED) is 0.685. The van der Waals surface area contributed by atoms with Crippen molar-refractivity contribution in [2.45, 2.75) is 39.2 Å². The van der Waals surface area contributed by atoms with Crippen molar-refractivity contribution < 1.29 is 4.79 Å². The van der Waals surface area contributed by atoms with Crippen LogP contribution in [0.5, 0.6) is 0 Å². The molecule has 0 atom stereocenters. The van der Waals surface area contributed by atoms with E-state index >= 15 is 0 Å². The van der Waals surface area contributed by atoms with Crippen molar-refractivity contribution in [1.29, 1.82) is 0 Å². The van der Waals surface area contributed by atoms with Crippen LogP contribution in [0.4, 0.5) is 0 Å². The van der Waals surface area contributed by atoms with Gasteiger partial charge < -0.3 is 16.0 Å². The van der Waals surface area contributed by atoms with E-state index in [1.807, 2.05) is 24.3 Å². The number of nitrogens with one attached hydrogen (secondary N) is 1. The molecule has 0 radical (unpaired) electrons. The Morgan fingerprint density at radius 3 is 2.48 bits per heavy atom. The molecule has 1 amide bonds. The Morgan fingerprint density at radius 1 is 1.24 bits per heavy atom. The minimum Gasteiger partial charge on any atom is -0.352 e. The molecule has 21 heavy (non-hydrogen) atoms. The summed E-state index contributed by atoms with van der Waals surface area (Å²) < 4.78 is 0. The largest absolute Gasteiger partial charge is 0.352 e. The van der Waals surface area contributed by atoms with E-state index in [0.717, 1.165) is 37.9 Å². The van der Waals surface area contributed by atoms with E-state index in [9.17, 15) is 4.79 Å². The Labute approximate surface area is 128 Å². The van der Waals surface area contributed by atoms with Crippen molar-refractivity contribution in [1.82, 2.24) is 10.2 Å². The first-order chi connectivity index (χ1) is 10.0. The highest BCUT2D eigenvalue weighted by molar-refractivity contribution is 5.94. The minimum atomic E-state index is 0.00603. The third kappa shape index (κ3) is 6.74. The minimum absolute atomic E-state index is 0.00603. The summed E-state index contributed by atoms with van der Waals surface area (Å²) in [5.74, 6) is 0.00603. The Bertz CT molecular complexity index is 415. The second-order valence-electron chi connectivity index (χ2n) is 5.77. The predicted molar refractivity (Wildman–Crippen MR) is 88.5 cm³/mol. The summed E-state index contributed by atoms with van der Waals surface area (Å²) in [5, 5.41) is 2.97. The van der Waals surface area contributed by atoms with Gasteiger partial charge in [0.05, 0.1) is 0 Å². The fourth-order valence-corrected chi connectivity index (χ4v) is 2.04. The molecule has 0 fully saturated rings. The monoisotopic (exact) mass is 291 g/mol. The van der Waals surface area contributed by atoms with Crippen molar-refractivity contribution in [2.24, 2.45) is 5.73 Å². The standard InChI is InChI=1S/C17H29N3O/c1-14(2)20(3)13-5-4-12-19-17(21)16-8-6-15(7-9-16)10-11-18/h6-9,14H,4-5,10-13,18H2,1-3H3,(H,19,21). The molecule has 0 bridgehead atoms. The van der Waals surface area contributed by atoms with E-state index in [2.05, 4.69) is 31.1 Å². The number of hydrogen-bond donors (Lipinski definition) is 2. The van der Waals surface area contributed by atoms with E-state index < -0.39 is 0 Å². The molecule has 0 unspecified atom stereocenters. The van der Waals surface area contributed by atoms with E-state index in [1.165, 1.54) is 5.56 Å². The van der Waals surface area contributed by atoms with Crippen LogP contribution >= 0.6 is 0 Å². The third-order valence-electron chi connectivity index (χ3n) is 3.75. The summed E-state index contributed by atoms with van der Waals surface area (Å²) in [4.78, 5) is 14.3. The first-order valence-corrected chi connectivity index (χ1v) is 7.82. The summed E-state index contributed by atoms with van der Waals surface area (Å²) in [6, 6.07) is 8.25. The lowest BCUT2D eigenvalue weighted by Gasteiger charge is -2.20. The van der Waals surface area contributed by atoms with Crippen molar-refractivity contribution in [2.75, 3.05) is 26.7 Å². The molecule has 0 aromatic heterocycles. The first-order valence-electron chi connectivity index (χ1n) is 7.82. The van der Waals surface area contributed by atoms with Gasteiger partial charge in [-0.25, -0.2) is 0 Å². The number of carbonyl (C=O) groups is 1. The molecule has 0 aliphatic heterocycles. The lowest BCUT2D eigenvalue weighted by atomic mass is 10.1. The number of carbonyl (C=O) groups excluding carboxylic acids is 1. The summed E-state index contributed by atoms with van der Waals surface area (Å²) in [5.41, 5.74) is 7.40. The number of benzene rings is 1. The smallest absolute Gasteiger partial charge is 0.251 e. The third-order valence-corrected chi connectivity index (χ3v) is 3.75. The van der Waals surface area contributed by atoms with Crippen LogP contribution in [0.2, 0.25) is 0 Å². The fraction of sp³-hybridized carbons (Fsp3) is 0.588. The molecule has 4 heteroatoms. The highest BCUT2D eigenvalue weighted by Crippen LogP contribution is 2.05. The van der Waals surface area contributed by atoms with Crippen LogP contribution in [-0.2, 0) is 6.42 Å². The normalized spacial score (nSPS) is 11.1. The predicted octanol–water partition coefficient (Wildman–Crippen LogP) is 2.04. The van der Waals surface area contributed by atoms with Gasteiger partial charge in [0.2, 0.25) is 0 Å². The van der Waals surface area contributed by atoms with Crippen molar-refractivity contribution in [3.05, 3.63) is 35.4 Å². The maximum absolute atomic E-state index is 12.0. The number of nitrogens with zero attached hydrogens (tertiary/aromatic N) is 1. The molecule has 0 aliphatic rings.